The first-order valence-electron chi connectivity index (χ1n) is 10.4. The zero-order valence-corrected chi connectivity index (χ0v) is 19.7. The van der Waals surface area contributed by atoms with Crippen LogP contribution in [0.1, 0.15) is 5.56 Å². The van der Waals surface area contributed by atoms with Gasteiger partial charge >= 0.3 is 0 Å². The Bertz CT molecular complexity index is 1290. The fraction of sp³-hybridized carbons (Fsp3) is 0.160. The summed E-state index contributed by atoms with van der Waals surface area (Å²) in [5, 5.41) is 12.0. The van der Waals surface area contributed by atoms with Crippen molar-refractivity contribution in [2.45, 2.75) is 12.1 Å². The number of methoxy groups -OCH3 is 2. The van der Waals surface area contributed by atoms with Gasteiger partial charge in [0.25, 0.3) is 0 Å². The molecule has 1 amide bonds. The molecule has 1 heterocycles. The van der Waals surface area contributed by atoms with Gasteiger partial charge in [0.1, 0.15) is 17.3 Å². The van der Waals surface area contributed by atoms with E-state index in [1.54, 1.807) is 33.3 Å². The van der Waals surface area contributed by atoms with Gasteiger partial charge in [0, 0.05) is 16.9 Å². The van der Waals surface area contributed by atoms with E-state index in [4.69, 9.17) is 9.47 Å². The van der Waals surface area contributed by atoms with Crippen LogP contribution in [0.25, 0.3) is 17.1 Å². The minimum atomic E-state index is -0.367. The Kier molecular flexibility index (Phi) is 7.12. The number of thioether (sulfide) groups is 1. The van der Waals surface area contributed by atoms with Gasteiger partial charge in [0.15, 0.2) is 11.0 Å². The lowest BCUT2D eigenvalue weighted by Crippen LogP contribution is -2.14. The van der Waals surface area contributed by atoms with Crippen molar-refractivity contribution in [2.75, 3.05) is 25.3 Å². The third-order valence-electron chi connectivity index (χ3n) is 5.10. The van der Waals surface area contributed by atoms with E-state index >= 15 is 0 Å². The number of nitrogens with zero attached hydrogens (tertiary/aromatic N) is 3. The number of hydrogen-bond acceptors (Lipinski definition) is 6. The molecular weight excluding hydrogens is 455 g/mol. The number of amides is 1. The summed E-state index contributed by atoms with van der Waals surface area (Å²) in [7, 11) is 3.22. The number of hydrogen-bond donors (Lipinski definition) is 1. The predicted molar refractivity (Wildman–Crippen MR) is 130 cm³/mol. The summed E-state index contributed by atoms with van der Waals surface area (Å²) in [6.07, 6.45) is 0. The number of halogens is 1. The lowest BCUT2D eigenvalue weighted by atomic mass is 10.2. The maximum Gasteiger partial charge on any atom is 0.234 e. The number of benzene rings is 3. The van der Waals surface area contributed by atoms with Gasteiger partial charge in [-0.05, 0) is 73.2 Å². The first-order valence-corrected chi connectivity index (χ1v) is 11.4. The maximum atomic E-state index is 13.8. The highest BCUT2D eigenvalue weighted by atomic mass is 32.2. The molecule has 34 heavy (non-hydrogen) atoms. The maximum absolute atomic E-state index is 13.8. The number of ether oxygens (including phenoxy) is 2. The molecular formula is C25H23FN4O3S. The SMILES string of the molecule is COc1ccc(-c2nnc(SCC(=O)Nc3ccc(C)c(F)c3)n2-c2ccc(OC)cc2)cc1. The van der Waals surface area contributed by atoms with Crippen molar-refractivity contribution < 1.29 is 18.7 Å². The van der Waals surface area contributed by atoms with Crippen LogP contribution in [0.4, 0.5) is 10.1 Å². The minimum absolute atomic E-state index is 0.0758. The van der Waals surface area contributed by atoms with Gasteiger partial charge < -0.3 is 14.8 Å². The number of aryl methyl sites for hydroxylation is 1. The van der Waals surface area contributed by atoms with Crippen LogP contribution in [0, 0.1) is 12.7 Å². The van der Waals surface area contributed by atoms with Crippen molar-refractivity contribution >= 4 is 23.4 Å². The van der Waals surface area contributed by atoms with Crippen molar-refractivity contribution in [1.29, 1.82) is 0 Å². The van der Waals surface area contributed by atoms with Gasteiger partial charge in [0.2, 0.25) is 5.91 Å². The average Bonchev–Trinajstić information content (AvgIpc) is 3.29. The van der Waals surface area contributed by atoms with E-state index in [2.05, 4.69) is 15.5 Å². The molecule has 0 aliphatic heterocycles. The second-order valence-corrected chi connectivity index (χ2v) is 8.31. The van der Waals surface area contributed by atoms with E-state index in [1.807, 2.05) is 53.1 Å². The Morgan fingerprint density at radius 1 is 0.971 bits per heavy atom. The van der Waals surface area contributed by atoms with Crippen molar-refractivity contribution in [3.63, 3.8) is 0 Å². The Balaban J connectivity index is 1.60. The lowest BCUT2D eigenvalue weighted by Gasteiger charge is -2.12. The fourth-order valence-electron chi connectivity index (χ4n) is 3.25. The summed E-state index contributed by atoms with van der Waals surface area (Å²) in [5.41, 5.74) is 2.59. The molecule has 4 aromatic rings. The molecule has 0 spiro atoms. The lowest BCUT2D eigenvalue weighted by molar-refractivity contribution is -0.113. The normalized spacial score (nSPS) is 10.7. The van der Waals surface area contributed by atoms with Crippen molar-refractivity contribution in [3.8, 4) is 28.6 Å². The van der Waals surface area contributed by atoms with Gasteiger partial charge in [-0.25, -0.2) is 4.39 Å². The van der Waals surface area contributed by atoms with Crippen molar-refractivity contribution in [1.82, 2.24) is 14.8 Å². The summed E-state index contributed by atoms with van der Waals surface area (Å²) in [5.74, 6) is 1.51. The topological polar surface area (TPSA) is 78.3 Å². The molecule has 0 bridgehead atoms. The van der Waals surface area contributed by atoms with Gasteiger partial charge in [-0.3, -0.25) is 9.36 Å². The molecule has 0 atom stereocenters. The first-order chi connectivity index (χ1) is 16.5. The van der Waals surface area contributed by atoms with E-state index in [0.29, 0.717) is 22.2 Å². The van der Waals surface area contributed by atoms with Crippen LogP contribution in [0.2, 0.25) is 0 Å². The third-order valence-corrected chi connectivity index (χ3v) is 6.03. The molecule has 3 aromatic carbocycles. The number of rotatable bonds is 8. The quantitative estimate of drug-likeness (QED) is 0.354. The minimum Gasteiger partial charge on any atom is -0.497 e. The highest BCUT2D eigenvalue weighted by molar-refractivity contribution is 7.99. The van der Waals surface area contributed by atoms with Crippen molar-refractivity contribution in [2.24, 2.45) is 0 Å². The number of carbonyl (C=O) groups excluding carboxylic acids is 1. The standard InChI is InChI=1S/C25H23FN4O3S/c1-16-4-7-18(14-22(16)26)27-23(31)15-34-25-29-28-24(17-5-10-20(32-2)11-6-17)30(25)19-8-12-21(33-3)13-9-19/h4-14H,15H2,1-3H3,(H,27,31). The van der Waals surface area contributed by atoms with E-state index in [9.17, 15) is 9.18 Å². The summed E-state index contributed by atoms with van der Waals surface area (Å²) < 4.78 is 26.2. The number of aromatic nitrogens is 3. The molecule has 0 fully saturated rings. The summed E-state index contributed by atoms with van der Waals surface area (Å²) in [6, 6.07) is 19.6. The van der Waals surface area contributed by atoms with E-state index in [1.165, 1.54) is 17.8 Å². The molecule has 0 saturated heterocycles. The molecule has 0 unspecified atom stereocenters. The number of carbonyl (C=O) groups is 1. The van der Waals surface area contributed by atoms with Gasteiger partial charge in [-0.2, -0.15) is 0 Å². The van der Waals surface area contributed by atoms with Crippen LogP contribution < -0.4 is 14.8 Å². The Labute approximate surface area is 200 Å². The van der Waals surface area contributed by atoms with Gasteiger partial charge in [-0.1, -0.05) is 17.8 Å². The first kappa shape index (κ1) is 23.3. The zero-order valence-electron chi connectivity index (χ0n) is 18.9. The fourth-order valence-corrected chi connectivity index (χ4v) is 4.00. The van der Waals surface area contributed by atoms with E-state index in [0.717, 1.165) is 22.7 Å². The molecule has 0 radical (unpaired) electrons. The molecule has 174 valence electrons. The molecule has 7 nitrogen and oxygen atoms in total. The molecule has 1 N–H and O–H groups in total. The molecule has 4 rings (SSSR count). The molecule has 0 saturated carbocycles. The van der Waals surface area contributed by atoms with E-state index in [-0.39, 0.29) is 17.5 Å². The van der Waals surface area contributed by atoms with E-state index < -0.39 is 0 Å². The van der Waals surface area contributed by atoms with Crippen LogP contribution in [0.3, 0.4) is 0 Å². The monoisotopic (exact) mass is 478 g/mol. The van der Waals surface area contributed by atoms with Gasteiger partial charge in [0.05, 0.1) is 20.0 Å². The Morgan fingerprint density at radius 3 is 2.24 bits per heavy atom. The highest BCUT2D eigenvalue weighted by Crippen LogP contribution is 2.30. The van der Waals surface area contributed by atoms with Gasteiger partial charge in [-0.15, -0.1) is 10.2 Å². The average molecular weight is 479 g/mol. The summed E-state index contributed by atoms with van der Waals surface area (Å²) in [6.45, 7) is 1.67. The third kappa shape index (κ3) is 5.20. The zero-order chi connectivity index (χ0) is 24.1. The Hall–Kier alpha value is -3.85. The van der Waals surface area contributed by atoms with Crippen LogP contribution >= 0.6 is 11.8 Å². The number of nitrogens with one attached hydrogen (secondary N) is 1. The Morgan fingerprint density at radius 2 is 1.62 bits per heavy atom. The molecule has 0 aliphatic carbocycles. The molecule has 0 aliphatic rings. The van der Waals surface area contributed by atoms with Crippen LogP contribution in [0.5, 0.6) is 11.5 Å². The molecule has 1 aromatic heterocycles. The van der Waals surface area contributed by atoms with Crippen LogP contribution in [-0.4, -0.2) is 40.6 Å². The summed E-state index contributed by atoms with van der Waals surface area (Å²) in [4.78, 5) is 12.5. The number of anilines is 1. The predicted octanol–water partition coefficient (Wildman–Crippen LogP) is 5.13. The van der Waals surface area contributed by atoms with Crippen LogP contribution in [0.15, 0.2) is 71.9 Å². The largest absolute Gasteiger partial charge is 0.497 e. The molecule has 9 heteroatoms. The summed E-state index contributed by atoms with van der Waals surface area (Å²) >= 11 is 1.24. The van der Waals surface area contributed by atoms with Crippen LogP contribution in [-0.2, 0) is 4.79 Å². The van der Waals surface area contributed by atoms with Crippen molar-refractivity contribution in [3.05, 3.63) is 78.1 Å². The second kappa shape index (κ2) is 10.4. The second-order valence-electron chi connectivity index (χ2n) is 7.37. The smallest absolute Gasteiger partial charge is 0.234 e. The highest BCUT2D eigenvalue weighted by Gasteiger charge is 2.18.